The Hall–Kier alpha value is -2.85. The van der Waals surface area contributed by atoms with Crippen molar-refractivity contribution in [2.75, 3.05) is 6.54 Å². The minimum atomic E-state index is -3.79. The fourth-order valence-corrected chi connectivity index (χ4v) is 5.83. The van der Waals surface area contributed by atoms with Gasteiger partial charge in [0.05, 0.1) is 28.6 Å². The normalized spacial score (nSPS) is 20.2. The Morgan fingerprint density at radius 3 is 2.48 bits per heavy atom. The van der Waals surface area contributed by atoms with Gasteiger partial charge < -0.3 is 5.11 Å². The van der Waals surface area contributed by atoms with Gasteiger partial charge in [0.2, 0.25) is 10.0 Å². The number of aliphatic carboxylic acids is 1. The van der Waals surface area contributed by atoms with Crippen molar-refractivity contribution >= 4 is 26.9 Å². The molecule has 3 aromatic rings. The molecule has 2 heterocycles. The number of piperidine rings is 1. The number of benzene rings is 2. The van der Waals surface area contributed by atoms with Crippen LogP contribution in [0, 0.1) is 11.6 Å². The van der Waals surface area contributed by atoms with Crippen LogP contribution in [0.1, 0.15) is 31.5 Å². The van der Waals surface area contributed by atoms with Crippen molar-refractivity contribution in [2.45, 2.75) is 43.2 Å². The molecule has 1 N–H and O–H groups in total. The molecular weight excluding hydrogens is 428 g/mol. The molecule has 0 aliphatic carbocycles. The molecule has 1 aromatic heterocycles. The Bertz CT molecular complexity index is 1240. The molecular formula is C21H21F2N3O4S. The smallest absolute Gasteiger partial charge is 0.309 e. The summed E-state index contributed by atoms with van der Waals surface area (Å²) in [6, 6.07) is 8.20. The standard InChI is InChI=1S/C21H21F2N3O4S/c1-13-10-16(8-9-25(13)31(29,30)17-5-2-14(22)3-6-17)26-20-11-15(23)4-7-18(20)19(24-26)12-21(27)28/h2-7,11,13,16H,8-10,12H2,1H3,(H,27,28)/t13-,16+/m1/s1. The monoisotopic (exact) mass is 449 g/mol. The maximum absolute atomic E-state index is 13.9. The molecule has 4 rings (SSSR count). The number of fused-ring (bicyclic) bond motifs is 1. The maximum atomic E-state index is 13.9. The van der Waals surface area contributed by atoms with Crippen molar-refractivity contribution in [3.05, 3.63) is 59.8 Å². The van der Waals surface area contributed by atoms with Gasteiger partial charge in [-0.15, -0.1) is 0 Å². The maximum Gasteiger partial charge on any atom is 0.309 e. The van der Waals surface area contributed by atoms with Crippen molar-refractivity contribution in [1.82, 2.24) is 14.1 Å². The van der Waals surface area contributed by atoms with E-state index in [1.54, 1.807) is 11.6 Å². The van der Waals surface area contributed by atoms with Crippen LogP contribution in [0.5, 0.6) is 0 Å². The van der Waals surface area contributed by atoms with Gasteiger partial charge >= 0.3 is 5.97 Å². The molecule has 1 aliphatic rings. The average Bonchev–Trinajstić information content (AvgIpc) is 3.04. The number of nitrogens with zero attached hydrogens (tertiary/aromatic N) is 3. The van der Waals surface area contributed by atoms with Crippen LogP contribution in [-0.4, -0.2) is 46.2 Å². The lowest BCUT2D eigenvalue weighted by Gasteiger charge is -2.37. The zero-order chi connectivity index (χ0) is 22.3. The van der Waals surface area contributed by atoms with E-state index in [1.807, 2.05) is 0 Å². The Morgan fingerprint density at radius 2 is 1.84 bits per heavy atom. The van der Waals surface area contributed by atoms with Crippen LogP contribution >= 0.6 is 0 Å². The second-order valence-corrected chi connectivity index (χ2v) is 9.61. The van der Waals surface area contributed by atoms with Crippen LogP contribution in [-0.2, 0) is 21.2 Å². The van der Waals surface area contributed by atoms with Crippen LogP contribution in [0.25, 0.3) is 10.9 Å². The summed E-state index contributed by atoms with van der Waals surface area (Å²) in [7, 11) is -3.79. The number of rotatable bonds is 5. The van der Waals surface area contributed by atoms with Crippen LogP contribution < -0.4 is 0 Å². The van der Waals surface area contributed by atoms with Crippen molar-refractivity contribution in [3.8, 4) is 0 Å². The third-order valence-electron chi connectivity index (χ3n) is 5.62. The molecule has 0 unspecified atom stereocenters. The van der Waals surface area contributed by atoms with E-state index >= 15 is 0 Å². The molecule has 1 aliphatic heterocycles. The first-order chi connectivity index (χ1) is 14.7. The van der Waals surface area contributed by atoms with Crippen molar-refractivity contribution in [1.29, 1.82) is 0 Å². The van der Waals surface area contributed by atoms with Gasteiger partial charge in [0.25, 0.3) is 0 Å². The molecule has 164 valence electrons. The number of hydrogen-bond donors (Lipinski definition) is 1. The second-order valence-electron chi connectivity index (χ2n) is 7.72. The second kappa shape index (κ2) is 8.01. The third-order valence-corrected chi connectivity index (χ3v) is 7.65. The van der Waals surface area contributed by atoms with Crippen LogP contribution in [0.3, 0.4) is 0 Å². The number of carboxylic acids is 1. The first kappa shape index (κ1) is 21.4. The number of carbonyl (C=O) groups is 1. The zero-order valence-corrected chi connectivity index (χ0v) is 17.5. The van der Waals surface area contributed by atoms with E-state index in [-0.39, 0.29) is 29.9 Å². The highest BCUT2D eigenvalue weighted by atomic mass is 32.2. The number of aromatic nitrogens is 2. The van der Waals surface area contributed by atoms with E-state index in [2.05, 4.69) is 5.10 Å². The van der Waals surface area contributed by atoms with Crippen molar-refractivity contribution < 1.29 is 27.1 Å². The van der Waals surface area contributed by atoms with E-state index in [1.165, 1.54) is 34.6 Å². The third kappa shape index (κ3) is 4.05. The fourth-order valence-electron chi connectivity index (χ4n) is 4.18. The summed E-state index contributed by atoms with van der Waals surface area (Å²) in [6.45, 7) is 1.98. The van der Waals surface area contributed by atoms with E-state index in [0.717, 1.165) is 12.1 Å². The minimum Gasteiger partial charge on any atom is -0.481 e. The van der Waals surface area contributed by atoms with E-state index in [9.17, 15) is 27.1 Å². The largest absolute Gasteiger partial charge is 0.481 e. The quantitative estimate of drug-likeness (QED) is 0.645. The number of carboxylic acid groups (broad SMARTS) is 1. The fraction of sp³-hybridized carbons (Fsp3) is 0.333. The summed E-state index contributed by atoms with van der Waals surface area (Å²) < 4.78 is 56.1. The lowest BCUT2D eigenvalue weighted by atomic mass is 10.0. The Balaban J connectivity index is 1.63. The molecule has 31 heavy (non-hydrogen) atoms. The molecule has 2 aromatic carbocycles. The minimum absolute atomic E-state index is 0.0227. The molecule has 0 saturated carbocycles. The molecule has 0 bridgehead atoms. The molecule has 0 spiro atoms. The summed E-state index contributed by atoms with van der Waals surface area (Å²) >= 11 is 0. The molecule has 1 fully saturated rings. The van der Waals surface area contributed by atoms with Gasteiger partial charge in [-0.1, -0.05) is 0 Å². The number of hydrogen-bond acceptors (Lipinski definition) is 4. The van der Waals surface area contributed by atoms with Gasteiger partial charge in [-0.2, -0.15) is 9.40 Å². The lowest BCUT2D eigenvalue weighted by molar-refractivity contribution is -0.136. The summed E-state index contributed by atoms with van der Waals surface area (Å²) in [4.78, 5) is 11.2. The molecule has 2 atom stereocenters. The van der Waals surface area contributed by atoms with Crippen molar-refractivity contribution in [3.63, 3.8) is 0 Å². The Labute approximate surface area is 177 Å². The Kier molecular flexibility index (Phi) is 5.52. The molecule has 0 amide bonds. The molecule has 10 heteroatoms. The van der Waals surface area contributed by atoms with E-state index < -0.39 is 27.6 Å². The SMILES string of the molecule is C[C@@H]1C[C@@H](n2nc(CC(=O)O)c3ccc(F)cc32)CCN1S(=O)(=O)c1ccc(F)cc1. The summed E-state index contributed by atoms with van der Waals surface area (Å²) in [6.07, 6.45) is 0.549. The highest BCUT2D eigenvalue weighted by Crippen LogP contribution is 2.34. The topological polar surface area (TPSA) is 92.5 Å². The lowest BCUT2D eigenvalue weighted by Crippen LogP contribution is -2.45. The Morgan fingerprint density at radius 1 is 1.16 bits per heavy atom. The van der Waals surface area contributed by atoms with Gasteiger partial charge in [-0.05, 0) is 62.2 Å². The van der Waals surface area contributed by atoms with Gasteiger partial charge in [0.15, 0.2) is 0 Å². The predicted octanol–water partition coefficient (Wildman–Crippen LogP) is 3.36. The van der Waals surface area contributed by atoms with E-state index in [4.69, 9.17) is 0 Å². The number of sulfonamides is 1. The predicted molar refractivity (Wildman–Crippen MR) is 109 cm³/mol. The summed E-state index contributed by atoms with van der Waals surface area (Å²) in [5.41, 5.74) is 0.833. The number of halogens is 2. The first-order valence-electron chi connectivity index (χ1n) is 9.82. The van der Waals surface area contributed by atoms with Crippen LogP contribution in [0.15, 0.2) is 47.4 Å². The average molecular weight is 449 g/mol. The van der Waals surface area contributed by atoms with Crippen LogP contribution in [0.2, 0.25) is 0 Å². The summed E-state index contributed by atoms with van der Waals surface area (Å²) in [5, 5.41) is 14.2. The summed E-state index contributed by atoms with van der Waals surface area (Å²) in [5.74, 6) is -2.01. The highest BCUT2D eigenvalue weighted by molar-refractivity contribution is 7.89. The van der Waals surface area contributed by atoms with Gasteiger partial charge in [0, 0.05) is 18.0 Å². The molecule has 1 saturated heterocycles. The van der Waals surface area contributed by atoms with Gasteiger partial charge in [-0.25, -0.2) is 17.2 Å². The highest BCUT2D eigenvalue weighted by Gasteiger charge is 2.36. The molecule has 0 radical (unpaired) electrons. The molecule has 7 nitrogen and oxygen atoms in total. The van der Waals surface area contributed by atoms with Gasteiger partial charge in [0.1, 0.15) is 11.6 Å². The zero-order valence-electron chi connectivity index (χ0n) is 16.7. The van der Waals surface area contributed by atoms with Crippen molar-refractivity contribution in [2.24, 2.45) is 0 Å². The van der Waals surface area contributed by atoms with Gasteiger partial charge in [-0.3, -0.25) is 9.48 Å². The van der Waals surface area contributed by atoms with Crippen LogP contribution in [0.4, 0.5) is 8.78 Å². The van der Waals surface area contributed by atoms with E-state index in [0.29, 0.717) is 29.4 Å². The first-order valence-corrected chi connectivity index (χ1v) is 11.3.